The molecule has 5 nitrogen and oxygen atoms in total. The lowest BCUT2D eigenvalue weighted by molar-refractivity contribution is -0.142. The first-order chi connectivity index (χ1) is 11.2. The van der Waals surface area contributed by atoms with E-state index in [-0.39, 0.29) is 6.61 Å². The minimum atomic E-state index is -0.571. The molecule has 0 radical (unpaired) electrons. The fourth-order valence-corrected chi connectivity index (χ4v) is 1.78. The monoisotopic (exact) mass is 311 g/mol. The highest BCUT2D eigenvalue weighted by molar-refractivity contribution is 5.94. The average Bonchev–Trinajstić information content (AvgIpc) is 2.60. The molecule has 23 heavy (non-hydrogen) atoms. The summed E-state index contributed by atoms with van der Waals surface area (Å²) < 4.78 is 9.91. The van der Waals surface area contributed by atoms with Crippen molar-refractivity contribution in [2.75, 3.05) is 19.0 Å². The Bertz CT molecular complexity index is 678. The first-order valence-corrected chi connectivity index (χ1v) is 7.01. The summed E-state index contributed by atoms with van der Waals surface area (Å²) in [5.74, 6) is -0.282. The number of carbonyl (C=O) groups excluding carboxylic acids is 2. The highest BCUT2D eigenvalue weighted by atomic mass is 16.5. The molecule has 0 aliphatic carbocycles. The molecule has 0 aliphatic rings. The van der Waals surface area contributed by atoms with Crippen LogP contribution in [0.4, 0.5) is 5.69 Å². The van der Waals surface area contributed by atoms with Gasteiger partial charge in [-0.05, 0) is 35.9 Å². The second-order valence-electron chi connectivity index (χ2n) is 4.63. The molecule has 2 aromatic carbocycles. The van der Waals surface area contributed by atoms with E-state index in [1.54, 1.807) is 37.5 Å². The maximum atomic E-state index is 11.7. The number of hydrogen-bond acceptors (Lipinski definition) is 4. The van der Waals surface area contributed by atoms with Crippen LogP contribution in [0.25, 0.3) is 6.08 Å². The highest BCUT2D eigenvalue weighted by Gasteiger charge is 2.05. The second-order valence-corrected chi connectivity index (χ2v) is 4.63. The summed E-state index contributed by atoms with van der Waals surface area (Å²) in [7, 11) is 1.57. The number of carbonyl (C=O) groups is 2. The molecule has 0 atom stereocenters. The fraction of sp³-hybridized carbons (Fsp3) is 0.111. The number of ether oxygens (including phenoxy) is 2. The molecule has 0 saturated carbocycles. The van der Waals surface area contributed by atoms with E-state index in [0.717, 1.165) is 5.56 Å². The number of rotatable bonds is 6. The van der Waals surface area contributed by atoms with Gasteiger partial charge in [-0.2, -0.15) is 0 Å². The number of esters is 1. The Kier molecular flexibility index (Phi) is 5.94. The SMILES string of the molecule is COc1ccc(NC(=O)COC(=O)C=Cc2ccccc2)cc1. The first-order valence-electron chi connectivity index (χ1n) is 7.01. The number of anilines is 1. The van der Waals surface area contributed by atoms with E-state index in [0.29, 0.717) is 11.4 Å². The van der Waals surface area contributed by atoms with Gasteiger partial charge < -0.3 is 14.8 Å². The fourth-order valence-electron chi connectivity index (χ4n) is 1.78. The van der Waals surface area contributed by atoms with E-state index in [4.69, 9.17) is 9.47 Å². The van der Waals surface area contributed by atoms with Gasteiger partial charge in [0, 0.05) is 11.8 Å². The van der Waals surface area contributed by atoms with Crippen molar-refractivity contribution in [3.63, 3.8) is 0 Å². The zero-order valence-corrected chi connectivity index (χ0v) is 12.7. The van der Waals surface area contributed by atoms with Gasteiger partial charge in [-0.15, -0.1) is 0 Å². The van der Waals surface area contributed by atoms with Gasteiger partial charge in [0.1, 0.15) is 5.75 Å². The van der Waals surface area contributed by atoms with Crippen LogP contribution in [0.15, 0.2) is 60.7 Å². The number of nitrogens with one attached hydrogen (secondary N) is 1. The molecule has 0 aliphatic heterocycles. The second kappa shape index (κ2) is 8.38. The van der Waals surface area contributed by atoms with E-state index in [1.807, 2.05) is 30.3 Å². The topological polar surface area (TPSA) is 64.6 Å². The van der Waals surface area contributed by atoms with Crippen molar-refractivity contribution >= 4 is 23.6 Å². The maximum absolute atomic E-state index is 11.7. The Hall–Kier alpha value is -3.08. The molecular formula is C18H17NO4. The molecule has 0 unspecified atom stereocenters. The summed E-state index contributed by atoms with van der Waals surface area (Å²) in [6.07, 6.45) is 2.92. The van der Waals surface area contributed by atoms with Crippen LogP contribution in [-0.4, -0.2) is 25.6 Å². The third-order valence-corrected chi connectivity index (χ3v) is 2.93. The van der Waals surface area contributed by atoms with Gasteiger partial charge in [-0.1, -0.05) is 30.3 Å². The van der Waals surface area contributed by atoms with Crippen molar-refractivity contribution in [3.8, 4) is 5.75 Å². The van der Waals surface area contributed by atoms with Crippen LogP contribution in [0.5, 0.6) is 5.75 Å². The molecule has 2 rings (SSSR count). The van der Waals surface area contributed by atoms with Gasteiger partial charge in [0.05, 0.1) is 7.11 Å². The lowest BCUT2D eigenvalue weighted by Gasteiger charge is -2.06. The van der Waals surface area contributed by atoms with Crippen molar-refractivity contribution in [1.29, 1.82) is 0 Å². The normalized spacial score (nSPS) is 10.3. The minimum absolute atomic E-state index is 0.343. The van der Waals surface area contributed by atoms with Crippen molar-refractivity contribution in [2.45, 2.75) is 0 Å². The average molecular weight is 311 g/mol. The smallest absolute Gasteiger partial charge is 0.331 e. The molecule has 0 spiro atoms. The lowest BCUT2D eigenvalue weighted by Crippen LogP contribution is -2.20. The third-order valence-electron chi connectivity index (χ3n) is 2.93. The Morgan fingerprint density at radius 2 is 1.74 bits per heavy atom. The molecule has 0 aromatic heterocycles. The Morgan fingerprint density at radius 1 is 1.04 bits per heavy atom. The van der Waals surface area contributed by atoms with Gasteiger partial charge in [-0.3, -0.25) is 4.79 Å². The van der Waals surface area contributed by atoms with E-state index in [1.165, 1.54) is 6.08 Å². The molecule has 0 heterocycles. The van der Waals surface area contributed by atoms with E-state index < -0.39 is 11.9 Å². The van der Waals surface area contributed by atoms with Crippen LogP contribution >= 0.6 is 0 Å². The molecule has 0 saturated heterocycles. The van der Waals surface area contributed by atoms with Crippen LogP contribution < -0.4 is 10.1 Å². The molecular weight excluding hydrogens is 294 g/mol. The Balaban J connectivity index is 1.77. The van der Waals surface area contributed by atoms with E-state index in [2.05, 4.69) is 5.32 Å². The van der Waals surface area contributed by atoms with Crippen molar-refractivity contribution in [3.05, 3.63) is 66.2 Å². The standard InChI is InChI=1S/C18H17NO4/c1-22-16-10-8-15(9-11-16)19-17(20)13-23-18(21)12-7-14-5-3-2-4-6-14/h2-12H,13H2,1H3,(H,19,20). The number of benzene rings is 2. The number of methoxy groups -OCH3 is 1. The van der Waals surface area contributed by atoms with Crippen LogP contribution in [0.3, 0.4) is 0 Å². The van der Waals surface area contributed by atoms with Crippen molar-refractivity contribution in [2.24, 2.45) is 0 Å². The van der Waals surface area contributed by atoms with Gasteiger partial charge in [-0.25, -0.2) is 4.79 Å². The zero-order valence-electron chi connectivity index (χ0n) is 12.7. The number of amides is 1. The van der Waals surface area contributed by atoms with Crippen molar-refractivity contribution in [1.82, 2.24) is 0 Å². The molecule has 2 aromatic rings. The quantitative estimate of drug-likeness (QED) is 0.658. The molecule has 1 amide bonds. The van der Waals surface area contributed by atoms with Crippen LogP contribution in [0.1, 0.15) is 5.56 Å². The predicted molar refractivity (Wildman–Crippen MR) is 88.1 cm³/mol. The Morgan fingerprint density at radius 3 is 2.39 bits per heavy atom. The molecule has 0 bridgehead atoms. The largest absolute Gasteiger partial charge is 0.497 e. The molecule has 1 N–H and O–H groups in total. The summed E-state index contributed by atoms with van der Waals surface area (Å²) in [6.45, 7) is -0.343. The zero-order chi connectivity index (χ0) is 16.5. The van der Waals surface area contributed by atoms with Gasteiger partial charge >= 0.3 is 5.97 Å². The molecule has 5 heteroatoms. The van der Waals surface area contributed by atoms with Crippen molar-refractivity contribution < 1.29 is 19.1 Å². The summed E-state index contributed by atoms with van der Waals surface area (Å²) in [5.41, 5.74) is 1.49. The Labute approximate surface area is 134 Å². The van der Waals surface area contributed by atoms with E-state index >= 15 is 0 Å². The summed E-state index contributed by atoms with van der Waals surface area (Å²) >= 11 is 0. The molecule has 118 valence electrons. The molecule has 0 fully saturated rings. The predicted octanol–water partition coefficient (Wildman–Crippen LogP) is 2.89. The van der Waals surface area contributed by atoms with Crippen LogP contribution in [-0.2, 0) is 14.3 Å². The summed E-state index contributed by atoms with van der Waals surface area (Å²) in [5, 5.41) is 2.63. The van der Waals surface area contributed by atoms with Gasteiger partial charge in [0.2, 0.25) is 0 Å². The third kappa shape index (κ3) is 5.67. The van der Waals surface area contributed by atoms with Gasteiger partial charge in [0.15, 0.2) is 6.61 Å². The van der Waals surface area contributed by atoms with Crippen LogP contribution in [0.2, 0.25) is 0 Å². The lowest BCUT2D eigenvalue weighted by atomic mass is 10.2. The number of hydrogen-bond donors (Lipinski definition) is 1. The van der Waals surface area contributed by atoms with Crippen LogP contribution in [0, 0.1) is 0 Å². The van der Waals surface area contributed by atoms with Gasteiger partial charge in [0.25, 0.3) is 5.91 Å². The first kappa shape index (κ1) is 16.3. The maximum Gasteiger partial charge on any atom is 0.331 e. The summed E-state index contributed by atoms with van der Waals surface area (Å²) in [6, 6.07) is 16.2. The minimum Gasteiger partial charge on any atom is -0.497 e. The van der Waals surface area contributed by atoms with E-state index in [9.17, 15) is 9.59 Å². The summed E-state index contributed by atoms with van der Waals surface area (Å²) in [4.78, 5) is 23.3. The highest BCUT2D eigenvalue weighted by Crippen LogP contribution is 2.14.